The molecule has 5 heteroatoms. The lowest BCUT2D eigenvalue weighted by atomic mass is 10.0. The summed E-state index contributed by atoms with van der Waals surface area (Å²) in [5, 5.41) is 1.11. The van der Waals surface area contributed by atoms with E-state index in [1.165, 1.54) is 0 Å². The van der Waals surface area contributed by atoms with Crippen molar-refractivity contribution in [1.29, 1.82) is 0 Å². The molecule has 1 unspecified atom stereocenters. The van der Waals surface area contributed by atoms with Gasteiger partial charge in [0.25, 0.3) is 0 Å². The first-order valence-electron chi connectivity index (χ1n) is 5.50. The quantitative estimate of drug-likeness (QED) is 0.669. The van der Waals surface area contributed by atoms with E-state index >= 15 is 0 Å². The number of halogens is 2. The molecule has 0 aliphatic rings. The predicted octanol–water partition coefficient (Wildman–Crippen LogP) is 3.14. The highest BCUT2D eigenvalue weighted by molar-refractivity contribution is 6.42. The summed E-state index contributed by atoms with van der Waals surface area (Å²) >= 11 is 11.9. The average molecular weight is 282 g/mol. The third-order valence-electron chi connectivity index (χ3n) is 2.71. The molecule has 18 heavy (non-hydrogen) atoms. The van der Waals surface area contributed by atoms with E-state index in [2.05, 4.69) is 10.4 Å². The molecule has 1 aromatic carbocycles. The normalized spacial score (nSPS) is 12.4. The standard InChI is InChI=1S/C13H13Cl2N3/c14-11-4-3-9(6-12(11)15)7-13(18-16)10-2-1-5-17-8-10/h1-6,8,13,18H,7,16H2. The SMILES string of the molecule is NNC(Cc1ccc(Cl)c(Cl)c1)c1cccnc1. The van der Waals surface area contributed by atoms with Crippen LogP contribution in [0.5, 0.6) is 0 Å². The zero-order valence-electron chi connectivity index (χ0n) is 9.61. The van der Waals surface area contributed by atoms with Crippen molar-refractivity contribution >= 4 is 23.2 Å². The van der Waals surface area contributed by atoms with Crippen molar-refractivity contribution in [2.75, 3.05) is 0 Å². The molecule has 1 aromatic heterocycles. The summed E-state index contributed by atoms with van der Waals surface area (Å²) in [6, 6.07) is 9.44. The largest absolute Gasteiger partial charge is 0.271 e. The Bertz CT molecular complexity index is 517. The number of nitrogens with zero attached hydrogens (tertiary/aromatic N) is 1. The van der Waals surface area contributed by atoms with Crippen LogP contribution in [0.4, 0.5) is 0 Å². The van der Waals surface area contributed by atoms with Gasteiger partial charge in [-0.25, -0.2) is 0 Å². The highest BCUT2D eigenvalue weighted by atomic mass is 35.5. The third kappa shape index (κ3) is 3.21. The topological polar surface area (TPSA) is 50.9 Å². The van der Waals surface area contributed by atoms with E-state index in [1.54, 1.807) is 18.5 Å². The molecular formula is C13H13Cl2N3. The van der Waals surface area contributed by atoms with Crippen molar-refractivity contribution in [1.82, 2.24) is 10.4 Å². The van der Waals surface area contributed by atoms with E-state index < -0.39 is 0 Å². The van der Waals surface area contributed by atoms with Crippen LogP contribution in [0.25, 0.3) is 0 Å². The molecule has 2 aromatic rings. The molecule has 0 amide bonds. The Labute approximate surface area is 116 Å². The minimum atomic E-state index is -0.00376. The van der Waals surface area contributed by atoms with Crippen molar-refractivity contribution in [2.24, 2.45) is 5.84 Å². The highest BCUT2D eigenvalue weighted by Crippen LogP contribution is 2.25. The van der Waals surface area contributed by atoms with Crippen molar-refractivity contribution in [3.05, 3.63) is 63.9 Å². The summed E-state index contributed by atoms with van der Waals surface area (Å²) in [6.45, 7) is 0. The van der Waals surface area contributed by atoms with Gasteiger partial charge in [-0.1, -0.05) is 35.3 Å². The molecule has 1 atom stereocenters. The first kappa shape index (κ1) is 13.3. The maximum Gasteiger partial charge on any atom is 0.0595 e. The summed E-state index contributed by atoms with van der Waals surface area (Å²) in [7, 11) is 0. The van der Waals surface area contributed by atoms with E-state index in [0.717, 1.165) is 17.5 Å². The molecule has 3 N–H and O–H groups in total. The first-order chi connectivity index (χ1) is 8.70. The lowest BCUT2D eigenvalue weighted by molar-refractivity contribution is 0.550. The van der Waals surface area contributed by atoms with Gasteiger partial charge in [0.1, 0.15) is 0 Å². The van der Waals surface area contributed by atoms with Crippen molar-refractivity contribution in [2.45, 2.75) is 12.5 Å². The van der Waals surface area contributed by atoms with Crippen LogP contribution in [-0.2, 0) is 6.42 Å². The van der Waals surface area contributed by atoms with Crippen LogP contribution in [0.3, 0.4) is 0 Å². The summed E-state index contributed by atoms with van der Waals surface area (Å²) in [6.07, 6.45) is 4.25. The fourth-order valence-electron chi connectivity index (χ4n) is 1.76. The molecule has 0 saturated carbocycles. The van der Waals surface area contributed by atoms with Gasteiger partial charge < -0.3 is 0 Å². The molecule has 0 saturated heterocycles. The summed E-state index contributed by atoms with van der Waals surface area (Å²) in [4.78, 5) is 4.08. The molecule has 0 fully saturated rings. The second kappa shape index (κ2) is 6.16. The van der Waals surface area contributed by atoms with Crippen LogP contribution in [0.15, 0.2) is 42.7 Å². The molecule has 0 aliphatic heterocycles. The average Bonchev–Trinajstić information content (AvgIpc) is 2.41. The van der Waals surface area contributed by atoms with Crippen LogP contribution in [-0.4, -0.2) is 4.98 Å². The molecule has 3 nitrogen and oxygen atoms in total. The number of hydrazine groups is 1. The zero-order chi connectivity index (χ0) is 13.0. The van der Waals surface area contributed by atoms with Gasteiger partial charge in [-0.3, -0.25) is 16.3 Å². The molecule has 0 bridgehead atoms. The van der Waals surface area contributed by atoms with Crippen LogP contribution >= 0.6 is 23.2 Å². The van der Waals surface area contributed by atoms with Gasteiger partial charge >= 0.3 is 0 Å². The number of rotatable bonds is 4. The van der Waals surface area contributed by atoms with Gasteiger partial charge in [-0.05, 0) is 35.7 Å². The molecule has 0 radical (unpaired) electrons. The van der Waals surface area contributed by atoms with Gasteiger partial charge in [0.15, 0.2) is 0 Å². The molecule has 1 heterocycles. The fourth-order valence-corrected chi connectivity index (χ4v) is 2.08. The third-order valence-corrected chi connectivity index (χ3v) is 3.45. The van der Waals surface area contributed by atoms with E-state index in [9.17, 15) is 0 Å². The van der Waals surface area contributed by atoms with Crippen molar-refractivity contribution in [3.63, 3.8) is 0 Å². The minimum Gasteiger partial charge on any atom is -0.271 e. The maximum absolute atomic E-state index is 5.99. The molecule has 94 valence electrons. The van der Waals surface area contributed by atoms with Gasteiger partial charge in [0.05, 0.1) is 16.1 Å². The van der Waals surface area contributed by atoms with Gasteiger partial charge in [-0.2, -0.15) is 0 Å². The monoisotopic (exact) mass is 281 g/mol. The number of nitrogens with one attached hydrogen (secondary N) is 1. The van der Waals surface area contributed by atoms with Crippen LogP contribution < -0.4 is 11.3 Å². The smallest absolute Gasteiger partial charge is 0.0595 e. The maximum atomic E-state index is 5.99. The van der Waals surface area contributed by atoms with E-state index in [0.29, 0.717) is 10.0 Å². The minimum absolute atomic E-state index is 0.00376. The fraction of sp³-hybridized carbons (Fsp3) is 0.154. The predicted molar refractivity (Wildman–Crippen MR) is 74.5 cm³/mol. The van der Waals surface area contributed by atoms with Crippen molar-refractivity contribution in [3.8, 4) is 0 Å². The second-order valence-corrected chi connectivity index (χ2v) is 4.77. The van der Waals surface area contributed by atoms with Gasteiger partial charge in [-0.15, -0.1) is 0 Å². The summed E-state index contributed by atoms with van der Waals surface area (Å²) < 4.78 is 0. The molecule has 0 spiro atoms. The van der Waals surface area contributed by atoms with Crippen LogP contribution in [0, 0.1) is 0 Å². The lowest BCUT2D eigenvalue weighted by Gasteiger charge is -2.16. The van der Waals surface area contributed by atoms with Crippen LogP contribution in [0.1, 0.15) is 17.2 Å². The van der Waals surface area contributed by atoms with Crippen molar-refractivity contribution < 1.29 is 0 Å². The Kier molecular flexibility index (Phi) is 4.55. The Balaban J connectivity index is 2.18. The zero-order valence-corrected chi connectivity index (χ0v) is 11.1. The number of aromatic nitrogens is 1. The first-order valence-corrected chi connectivity index (χ1v) is 6.26. The number of hydrogen-bond acceptors (Lipinski definition) is 3. The van der Waals surface area contributed by atoms with E-state index in [4.69, 9.17) is 29.0 Å². The Morgan fingerprint density at radius 1 is 1.22 bits per heavy atom. The molecular weight excluding hydrogens is 269 g/mol. The van der Waals surface area contributed by atoms with Gasteiger partial charge in [0.2, 0.25) is 0 Å². The summed E-state index contributed by atoms with van der Waals surface area (Å²) in [5.41, 5.74) is 4.88. The number of pyridine rings is 1. The molecule has 2 rings (SSSR count). The Morgan fingerprint density at radius 2 is 2.06 bits per heavy atom. The number of hydrogen-bond donors (Lipinski definition) is 2. The summed E-state index contributed by atoms with van der Waals surface area (Å²) in [5.74, 6) is 5.58. The van der Waals surface area contributed by atoms with Gasteiger partial charge in [0, 0.05) is 12.4 Å². The molecule has 0 aliphatic carbocycles. The van der Waals surface area contributed by atoms with E-state index in [1.807, 2.05) is 24.3 Å². The number of nitrogens with two attached hydrogens (primary N) is 1. The highest BCUT2D eigenvalue weighted by Gasteiger charge is 2.11. The Hall–Kier alpha value is -1.13. The number of benzene rings is 1. The second-order valence-electron chi connectivity index (χ2n) is 3.96. The van der Waals surface area contributed by atoms with E-state index in [-0.39, 0.29) is 6.04 Å². The van der Waals surface area contributed by atoms with Crippen LogP contribution in [0.2, 0.25) is 10.0 Å². The Morgan fingerprint density at radius 3 is 2.67 bits per heavy atom. The lowest BCUT2D eigenvalue weighted by Crippen LogP contribution is -2.29.